The standard InChI is InChI=1S/C18H24N2O4S2/c1-4-5-15-20(16-9-7-6-8-10-16)26(23,24)18-13-11-17(12-14-18)25(21,22)19(2)3/h6-14H,4-5,15H2,1-3H3. The largest absolute Gasteiger partial charge is 0.266 e. The smallest absolute Gasteiger partial charge is 0.264 e. The van der Waals surface area contributed by atoms with Crippen LogP contribution in [0.15, 0.2) is 64.4 Å². The first-order valence-electron chi connectivity index (χ1n) is 8.31. The van der Waals surface area contributed by atoms with Gasteiger partial charge in [-0.05, 0) is 42.8 Å². The van der Waals surface area contributed by atoms with Gasteiger partial charge in [-0.25, -0.2) is 21.1 Å². The Morgan fingerprint density at radius 1 is 0.769 bits per heavy atom. The van der Waals surface area contributed by atoms with Crippen LogP contribution in [0.2, 0.25) is 0 Å². The first-order chi connectivity index (χ1) is 12.2. The van der Waals surface area contributed by atoms with Gasteiger partial charge < -0.3 is 0 Å². The summed E-state index contributed by atoms with van der Waals surface area (Å²) in [4.78, 5) is 0.122. The number of hydrogen-bond donors (Lipinski definition) is 0. The van der Waals surface area contributed by atoms with Gasteiger partial charge >= 0.3 is 0 Å². The predicted octanol–water partition coefficient (Wildman–Crippen LogP) is 2.93. The molecule has 26 heavy (non-hydrogen) atoms. The second-order valence-corrected chi connectivity index (χ2v) is 10.0. The second kappa shape index (κ2) is 8.20. The lowest BCUT2D eigenvalue weighted by Crippen LogP contribution is -2.32. The molecule has 0 atom stereocenters. The molecule has 0 aromatic heterocycles. The van der Waals surface area contributed by atoms with E-state index in [-0.39, 0.29) is 9.79 Å². The van der Waals surface area contributed by atoms with E-state index in [0.717, 1.165) is 17.1 Å². The van der Waals surface area contributed by atoms with Crippen molar-refractivity contribution in [1.82, 2.24) is 4.31 Å². The first-order valence-corrected chi connectivity index (χ1v) is 11.2. The molecule has 0 fully saturated rings. The lowest BCUT2D eigenvalue weighted by molar-refractivity contribution is 0.520. The molecular weight excluding hydrogens is 372 g/mol. The third-order valence-corrected chi connectivity index (χ3v) is 7.62. The Bertz CT molecular complexity index is 923. The summed E-state index contributed by atoms with van der Waals surface area (Å²) in [6.07, 6.45) is 1.58. The number of unbranched alkanes of at least 4 members (excludes halogenated alkanes) is 1. The summed E-state index contributed by atoms with van der Waals surface area (Å²) < 4.78 is 53.0. The Kier molecular flexibility index (Phi) is 6.44. The summed E-state index contributed by atoms with van der Waals surface area (Å²) in [6.45, 7) is 2.36. The maximum atomic E-state index is 13.1. The molecule has 0 saturated carbocycles. The van der Waals surface area contributed by atoms with Crippen LogP contribution < -0.4 is 4.31 Å². The highest BCUT2D eigenvalue weighted by atomic mass is 32.2. The van der Waals surface area contributed by atoms with Crippen molar-refractivity contribution in [2.24, 2.45) is 0 Å². The van der Waals surface area contributed by atoms with Crippen LogP contribution in [-0.4, -0.2) is 41.8 Å². The number of nitrogens with zero attached hydrogens (tertiary/aromatic N) is 2. The van der Waals surface area contributed by atoms with Gasteiger partial charge in [-0.15, -0.1) is 0 Å². The Balaban J connectivity index is 2.43. The zero-order valence-corrected chi connectivity index (χ0v) is 16.8. The van der Waals surface area contributed by atoms with Crippen LogP contribution in [0, 0.1) is 0 Å². The second-order valence-electron chi connectivity index (χ2n) is 6.03. The average Bonchev–Trinajstić information content (AvgIpc) is 2.62. The van der Waals surface area contributed by atoms with E-state index in [0.29, 0.717) is 12.2 Å². The molecule has 0 bridgehead atoms. The highest BCUT2D eigenvalue weighted by molar-refractivity contribution is 7.92. The third kappa shape index (κ3) is 4.25. The zero-order valence-electron chi connectivity index (χ0n) is 15.2. The summed E-state index contributed by atoms with van der Waals surface area (Å²) in [5.74, 6) is 0. The summed E-state index contributed by atoms with van der Waals surface area (Å²) in [7, 11) is -4.52. The fourth-order valence-corrected chi connectivity index (χ4v) is 4.81. The minimum Gasteiger partial charge on any atom is -0.266 e. The van der Waals surface area contributed by atoms with Crippen molar-refractivity contribution in [3.05, 3.63) is 54.6 Å². The van der Waals surface area contributed by atoms with Crippen LogP contribution in [0.5, 0.6) is 0 Å². The normalized spacial score (nSPS) is 12.3. The van der Waals surface area contributed by atoms with Crippen LogP contribution >= 0.6 is 0 Å². The fourth-order valence-electron chi connectivity index (χ4n) is 2.41. The van der Waals surface area contributed by atoms with Crippen LogP contribution in [0.4, 0.5) is 5.69 Å². The van der Waals surface area contributed by atoms with Crippen molar-refractivity contribution in [2.45, 2.75) is 29.6 Å². The van der Waals surface area contributed by atoms with Gasteiger partial charge in [-0.3, -0.25) is 4.31 Å². The van der Waals surface area contributed by atoms with E-state index in [1.807, 2.05) is 13.0 Å². The fraction of sp³-hybridized carbons (Fsp3) is 0.333. The van der Waals surface area contributed by atoms with E-state index in [4.69, 9.17) is 0 Å². The van der Waals surface area contributed by atoms with Gasteiger partial charge in [0.25, 0.3) is 10.0 Å². The van der Waals surface area contributed by atoms with Crippen LogP contribution in [0.25, 0.3) is 0 Å². The molecule has 2 aromatic rings. The van der Waals surface area contributed by atoms with E-state index in [1.54, 1.807) is 24.3 Å². The molecule has 0 heterocycles. The van der Waals surface area contributed by atoms with E-state index >= 15 is 0 Å². The molecule has 6 nitrogen and oxygen atoms in total. The van der Waals surface area contributed by atoms with Crippen LogP contribution in [0.1, 0.15) is 19.8 Å². The summed E-state index contributed by atoms with van der Waals surface area (Å²) in [5, 5.41) is 0. The van der Waals surface area contributed by atoms with Crippen LogP contribution in [-0.2, 0) is 20.0 Å². The molecular formula is C18H24N2O4S2. The number of rotatable bonds is 8. The molecule has 0 unspecified atom stereocenters. The number of para-hydroxylation sites is 1. The SMILES string of the molecule is CCCCN(c1ccccc1)S(=O)(=O)c1ccc(S(=O)(=O)N(C)C)cc1. The Labute approximate surface area is 156 Å². The molecule has 2 aromatic carbocycles. The van der Waals surface area contributed by atoms with E-state index < -0.39 is 20.0 Å². The molecule has 0 radical (unpaired) electrons. The van der Waals surface area contributed by atoms with Crippen molar-refractivity contribution in [3.63, 3.8) is 0 Å². The first kappa shape index (κ1) is 20.4. The van der Waals surface area contributed by atoms with E-state index in [1.165, 1.54) is 42.7 Å². The van der Waals surface area contributed by atoms with Gasteiger partial charge in [0, 0.05) is 20.6 Å². The minimum atomic E-state index is -3.78. The molecule has 0 saturated heterocycles. The van der Waals surface area contributed by atoms with Crippen molar-refractivity contribution in [3.8, 4) is 0 Å². The molecule has 0 aliphatic rings. The maximum Gasteiger partial charge on any atom is 0.264 e. The molecule has 8 heteroatoms. The Hall–Kier alpha value is -1.90. The minimum absolute atomic E-state index is 0.0567. The summed E-state index contributed by atoms with van der Waals surface area (Å²) in [6, 6.07) is 14.2. The summed E-state index contributed by atoms with van der Waals surface area (Å²) in [5.41, 5.74) is 0.589. The third-order valence-electron chi connectivity index (χ3n) is 3.95. The monoisotopic (exact) mass is 396 g/mol. The number of anilines is 1. The molecule has 0 aliphatic carbocycles. The molecule has 0 N–H and O–H groups in total. The van der Waals surface area contributed by atoms with Crippen LogP contribution in [0.3, 0.4) is 0 Å². The maximum absolute atomic E-state index is 13.1. The van der Waals surface area contributed by atoms with Gasteiger partial charge in [0.2, 0.25) is 10.0 Å². The number of sulfonamides is 2. The van der Waals surface area contributed by atoms with Crippen molar-refractivity contribution < 1.29 is 16.8 Å². The van der Waals surface area contributed by atoms with Gasteiger partial charge in [0.15, 0.2) is 0 Å². The van der Waals surface area contributed by atoms with Crippen molar-refractivity contribution in [2.75, 3.05) is 24.9 Å². The number of hydrogen-bond acceptors (Lipinski definition) is 4. The number of benzene rings is 2. The quantitative estimate of drug-likeness (QED) is 0.688. The Morgan fingerprint density at radius 2 is 1.27 bits per heavy atom. The van der Waals surface area contributed by atoms with Gasteiger partial charge in [0.1, 0.15) is 0 Å². The molecule has 0 aliphatic heterocycles. The van der Waals surface area contributed by atoms with Crippen molar-refractivity contribution in [1.29, 1.82) is 0 Å². The molecule has 0 amide bonds. The van der Waals surface area contributed by atoms with Gasteiger partial charge in [-0.2, -0.15) is 0 Å². The lowest BCUT2D eigenvalue weighted by atomic mass is 10.3. The highest BCUT2D eigenvalue weighted by Crippen LogP contribution is 2.25. The lowest BCUT2D eigenvalue weighted by Gasteiger charge is -2.24. The average molecular weight is 397 g/mol. The zero-order chi connectivity index (χ0) is 19.4. The van der Waals surface area contributed by atoms with E-state index in [2.05, 4.69) is 0 Å². The molecule has 142 valence electrons. The Morgan fingerprint density at radius 3 is 1.73 bits per heavy atom. The topological polar surface area (TPSA) is 74.8 Å². The molecule has 2 rings (SSSR count). The van der Waals surface area contributed by atoms with Crippen molar-refractivity contribution >= 4 is 25.7 Å². The van der Waals surface area contributed by atoms with Gasteiger partial charge in [-0.1, -0.05) is 31.5 Å². The van der Waals surface area contributed by atoms with E-state index in [9.17, 15) is 16.8 Å². The summed E-state index contributed by atoms with van der Waals surface area (Å²) >= 11 is 0. The predicted molar refractivity (Wildman–Crippen MR) is 103 cm³/mol. The molecule has 0 spiro atoms. The van der Waals surface area contributed by atoms with Gasteiger partial charge in [0.05, 0.1) is 15.5 Å². The highest BCUT2D eigenvalue weighted by Gasteiger charge is 2.25.